The first-order valence-corrected chi connectivity index (χ1v) is 3.11. The third-order valence-electron chi connectivity index (χ3n) is 0.697. The van der Waals surface area contributed by atoms with Crippen molar-refractivity contribution in [2.45, 2.75) is 26.7 Å². The second-order valence-electron chi connectivity index (χ2n) is 1.64. The van der Waals surface area contributed by atoms with Crippen molar-refractivity contribution in [1.82, 2.24) is 0 Å². The Morgan fingerprint density at radius 2 is 1.09 bits per heavy atom. The van der Waals surface area contributed by atoms with Gasteiger partial charge in [0.25, 0.3) is 0 Å². The van der Waals surface area contributed by atoms with Crippen molar-refractivity contribution < 1.29 is 9.59 Å². The number of nitrogens with two attached hydrogens (primary N) is 2. The van der Waals surface area contributed by atoms with Crippen molar-refractivity contribution in [1.29, 1.82) is 0 Å². The van der Waals surface area contributed by atoms with Crippen LogP contribution in [-0.4, -0.2) is 11.8 Å². The van der Waals surface area contributed by atoms with E-state index in [4.69, 9.17) is 0 Å². The van der Waals surface area contributed by atoms with E-state index in [0.717, 1.165) is 0 Å². The number of hydrogen-bond donors (Lipinski definition) is 2. The monoisotopic (exact) mass is 180 g/mol. The third-order valence-corrected chi connectivity index (χ3v) is 0.697. The van der Waals surface area contributed by atoms with Gasteiger partial charge in [0.05, 0.1) is 0 Å². The summed E-state index contributed by atoms with van der Waals surface area (Å²) in [6.07, 6.45) is 0.889. The van der Waals surface area contributed by atoms with Gasteiger partial charge in [-0.1, -0.05) is 13.8 Å². The van der Waals surface area contributed by atoms with Gasteiger partial charge in [-0.25, -0.2) is 0 Å². The van der Waals surface area contributed by atoms with Crippen LogP contribution in [0.15, 0.2) is 0 Å². The average molecular weight is 180 g/mol. The highest BCUT2D eigenvalue weighted by Crippen LogP contribution is 1.63. The highest BCUT2D eigenvalue weighted by atomic mass is 32.1. The number of rotatable bonds is 2. The van der Waals surface area contributed by atoms with E-state index < -0.39 is 0 Å². The summed E-state index contributed by atoms with van der Waals surface area (Å²) in [6.45, 7) is 3.45. The Balaban J connectivity index is -0.000000107. The first-order valence-electron chi connectivity index (χ1n) is 3.11. The molecule has 0 aromatic carbocycles. The van der Waals surface area contributed by atoms with Crippen molar-refractivity contribution in [2.24, 2.45) is 11.5 Å². The molecule has 68 valence electrons. The number of carbonyl (C=O) groups excluding carboxylic acids is 2. The average Bonchev–Trinajstić information content (AvgIpc) is 1.89. The van der Waals surface area contributed by atoms with Gasteiger partial charge in [-0.2, -0.15) is 13.5 Å². The SMILES string of the molecule is CCC(N)=O.CCC(N)=O.S. The Hall–Kier alpha value is -0.710. The van der Waals surface area contributed by atoms with Crippen LogP contribution >= 0.6 is 13.5 Å². The minimum absolute atomic E-state index is 0. The van der Waals surface area contributed by atoms with Crippen LogP contribution in [0.4, 0.5) is 0 Å². The summed E-state index contributed by atoms with van der Waals surface area (Å²) in [6, 6.07) is 0. The summed E-state index contributed by atoms with van der Waals surface area (Å²) in [5.41, 5.74) is 9.31. The lowest BCUT2D eigenvalue weighted by atomic mass is 10.5. The first kappa shape index (κ1) is 16.7. The Morgan fingerprint density at radius 1 is 1.00 bits per heavy atom. The van der Waals surface area contributed by atoms with E-state index in [2.05, 4.69) is 11.5 Å². The van der Waals surface area contributed by atoms with Crippen LogP contribution in [0.3, 0.4) is 0 Å². The lowest BCUT2D eigenvalue weighted by molar-refractivity contribution is -0.118. The summed E-state index contributed by atoms with van der Waals surface area (Å²) in [4.78, 5) is 19.2. The molecule has 0 rings (SSSR count). The molecular formula is C6H16N2O2S. The molecule has 0 bridgehead atoms. The molecule has 0 aromatic rings. The molecule has 0 spiro atoms. The molecule has 0 saturated heterocycles. The number of amides is 2. The Labute approximate surface area is 73.8 Å². The number of hydrogen-bond acceptors (Lipinski definition) is 2. The maximum Gasteiger partial charge on any atom is 0.217 e. The smallest absolute Gasteiger partial charge is 0.217 e. The Kier molecular flexibility index (Phi) is 18.3. The van der Waals surface area contributed by atoms with E-state index in [9.17, 15) is 9.59 Å². The zero-order valence-corrected chi connectivity index (χ0v) is 7.89. The van der Waals surface area contributed by atoms with Crippen LogP contribution in [0.5, 0.6) is 0 Å². The minimum Gasteiger partial charge on any atom is -0.370 e. The molecule has 0 aliphatic carbocycles. The van der Waals surface area contributed by atoms with E-state index in [0.29, 0.717) is 12.8 Å². The van der Waals surface area contributed by atoms with Crippen LogP contribution in [-0.2, 0) is 9.59 Å². The predicted molar refractivity (Wildman–Crippen MR) is 49.4 cm³/mol. The molecule has 11 heavy (non-hydrogen) atoms. The van der Waals surface area contributed by atoms with Gasteiger partial charge >= 0.3 is 0 Å². The van der Waals surface area contributed by atoms with E-state index >= 15 is 0 Å². The van der Waals surface area contributed by atoms with Crippen molar-refractivity contribution in [2.75, 3.05) is 0 Å². The van der Waals surface area contributed by atoms with Gasteiger partial charge in [0.15, 0.2) is 0 Å². The molecule has 0 aliphatic rings. The zero-order valence-electron chi connectivity index (χ0n) is 6.89. The van der Waals surface area contributed by atoms with Crippen LogP contribution in [0, 0.1) is 0 Å². The van der Waals surface area contributed by atoms with Gasteiger partial charge in [0.1, 0.15) is 0 Å². The number of carbonyl (C=O) groups is 2. The lowest BCUT2D eigenvalue weighted by Gasteiger charge is -1.73. The topological polar surface area (TPSA) is 86.2 Å². The van der Waals surface area contributed by atoms with Gasteiger partial charge in [0.2, 0.25) is 11.8 Å². The maximum atomic E-state index is 9.59. The van der Waals surface area contributed by atoms with E-state index in [1.165, 1.54) is 0 Å². The summed E-state index contributed by atoms with van der Waals surface area (Å²) in [5, 5.41) is 0. The van der Waals surface area contributed by atoms with E-state index in [1.807, 2.05) is 0 Å². The highest BCUT2D eigenvalue weighted by Gasteiger charge is 1.77. The standard InChI is InChI=1S/2C3H7NO.H2S/c2*1-2-3(4)5;/h2*2H2,1H3,(H2,4,5);1H2. The molecule has 0 aliphatic heterocycles. The molecule has 4 N–H and O–H groups in total. The minimum atomic E-state index is -0.245. The van der Waals surface area contributed by atoms with E-state index in [-0.39, 0.29) is 25.3 Å². The van der Waals surface area contributed by atoms with Crippen LogP contribution in [0.1, 0.15) is 26.7 Å². The summed E-state index contributed by atoms with van der Waals surface area (Å²) < 4.78 is 0. The zero-order chi connectivity index (χ0) is 8.57. The molecule has 0 radical (unpaired) electrons. The van der Waals surface area contributed by atoms with Crippen LogP contribution in [0.2, 0.25) is 0 Å². The molecule has 0 aromatic heterocycles. The summed E-state index contributed by atoms with van der Waals surface area (Å²) in [7, 11) is 0. The van der Waals surface area contributed by atoms with Gasteiger partial charge < -0.3 is 11.5 Å². The molecule has 5 heteroatoms. The summed E-state index contributed by atoms with van der Waals surface area (Å²) in [5.74, 6) is -0.491. The first-order chi connectivity index (χ1) is 4.54. The molecule has 0 unspecified atom stereocenters. The molecule has 0 atom stereocenters. The highest BCUT2D eigenvalue weighted by molar-refractivity contribution is 7.59. The van der Waals surface area contributed by atoms with E-state index in [1.54, 1.807) is 13.8 Å². The Morgan fingerprint density at radius 3 is 1.09 bits per heavy atom. The predicted octanol–water partition coefficient (Wildman–Crippen LogP) is -0.124. The second-order valence-corrected chi connectivity index (χ2v) is 1.64. The molecule has 2 amide bonds. The Bertz CT molecular complexity index is 103. The van der Waals surface area contributed by atoms with Gasteiger partial charge in [-0.3, -0.25) is 9.59 Å². The lowest BCUT2D eigenvalue weighted by Crippen LogP contribution is -2.06. The van der Waals surface area contributed by atoms with Crippen molar-refractivity contribution in [3.63, 3.8) is 0 Å². The van der Waals surface area contributed by atoms with Crippen molar-refractivity contribution in [3.05, 3.63) is 0 Å². The van der Waals surface area contributed by atoms with Crippen molar-refractivity contribution in [3.8, 4) is 0 Å². The van der Waals surface area contributed by atoms with Crippen LogP contribution in [0.25, 0.3) is 0 Å². The maximum absolute atomic E-state index is 9.59. The number of primary amides is 2. The molecular weight excluding hydrogens is 164 g/mol. The van der Waals surface area contributed by atoms with Gasteiger partial charge in [0, 0.05) is 12.8 Å². The quantitative estimate of drug-likeness (QED) is 0.620. The largest absolute Gasteiger partial charge is 0.370 e. The molecule has 0 saturated carbocycles. The van der Waals surface area contributed by atoms with Gasteiger partial charge in [-0.05, 0) is 0 Å². The molecule has 0 heterocycles. The van der Waals surface area contributed by atoms with Crippen LogP contribution < -0.4 is 11.5 Å². The van der Waals surface area contributed by atoms with Crippen molar-refractivity contribution >= 4 is 25.3 Å². The fourth-order valence-electron chi connectivity index (χ4n) is 0. The molecule has 0 fully saturated rings. The second kappa shape index (κ2) is 12.0. The normalized spacial score (nSPS) is 6.73. The third kappa shape index (κ3) is 45.6. The fraction of sp³-hybridized carbons (Fsp3) is 0.667. The van der Waals surface area contributed by atoms with Gasteiger partial charge in [-0.15, -0.1) is 0 Å². The fourth-order valence-corrected chi connectivity index (χ4v) is 0. The summed E-state index contributed by atoms with van der Waals surface area (Å²) >= 11 is 0. The molecule has 4 nitrogen and oxygen atoms in total.